The molecular weight excluding hydrogens is 368 g/mol. The molecule has 154 valence electrons. The third-order valence-electron chi connectivity index (χ3n) is 4.90. The molecule has 2 saturated heterocycles. The Morgan fingerprint density at radius 3 is 2.04 bits per heavy atom. The Morgan fingerprint density at radius 1 is 0.889 bits per heavy atom. The molecule has 0 radical (unpaired) electrons. The second-order valence-electron chi connectivity index (χ2n) is 6.80. The number of hydrogen-bond acceptors (Lipinski definition) is 12. The number of ether oxygens (including phenoxy) is 1. The number of aliphatic hydroxyl groups excluding tert-OH is 8. The first kappa shape index (κ1) is 20.3. The average Bonchev–Trinajstić information content (AvgIpc) is 3.11. The van der Waals surface area contributed by atoms with Crippen molar-refractivity contribution >= 4 is 5.82 Å². The van der Waals surface area contributed by atoms with Crippen LogP contribution in [0.4, 0.5) is 5.82 Å². The van der Waals surface area contributed by atoms with E-state index in [4.69, 9.17) is 4.74 Å². The standard InChI is InChI=1S/C14H24N4O9/c19-4-7-11(24)12(25)13(26)14(27-7)18-3-8(15-16-18)17-1-5(20)9(22)10(23)6(21)2-17/h3,5-7,9-14,19-26H,1-2,4H2/t5-,6-,7-,9-,10-,11-,12+,13-,14-/m1/s1. The maximum atomic E-state index is 10.1. The molecule has 0 aromatic carbocycles. The summed E-state index contributed by atoms with van der Waals surface area (Å²) in [5, 5.41) is 86.1. The molecule has 1 aromatic heterocycles. The molecular formula is C14H24N4O9. The van der Waals surface area contributed by atoms with Crippen LogP contribution in [0, 0.1) is 0 Å². The molecule has 1 aromatic rings. The maximum Gasteiger partial charge on any atom is 0.180 e. The molecule has 27 heavy (non-hydrogen) atoms. The van der Waals surface area contributed by atoms with E-state index in [1.807, 2.05) is 0 Å². The smallest absolute Gasteiger partial charge is 0.180 e. The third-order valence-corrected chi connectivity index (χ3v) is 4.90. The van der Waals surface area contributed by atoms with Gasteiger partial charge >= 0.3 is 0 Å². The molecule has 0 saturated carbocycles. The Kier molecular flexibility index (Phi) is 5.95. The van der Waals surface area contributed by atoms with Gasteiger partial charge in [0.1, 0.15) is 48.8 Å². The number of aromatic nitrogens is 3. The first-order valence-corrected chi connectivity index (χ1v) is 8.44. The predicted molar refractivity (Wildman–Crippen MR) is 85.3 cm³/mol. The van der Waals surface area contributed by atoms with Gasteiger partial charge in [-0.05, 0) is 0 Å². The second-order valence-corrected chi connectivity index (χ2v) is 6.80. The van der Waals surface area contributed by atoms with Gasteiger partial charge in [-0.3, -0.25) is 0 Å². The molecule has 9 atom stereocenters. The van der Waals surface area contributed by atoms with E-state index >= 15 is 0 Å². The molecule has 2 aliphatic rings. The summed E-state index contributed by atoms with van der Waals surface area (Å²) in [6, 6.07) is 0. The van der Waals surface area contributed by atoms with Crippen LogP contribution in [-0.2, 0) is 4.74 Å². The third kappa shape index (κ3) is 3.78. The van der Waals surface area contributed by atoms with E-state index in [1.165, 1.54) is 11.1 Å². The summed E-state index contributed by atoms with van der Waals surface area (Å²) in [7, 11) is 0. The van der Waals surface area contributed by atoms with Gasteiger partial charge in [0, 0.05) is 13.1 Å². The highest BCUT2D eigenvalue weighted by atomic mass is 16.6. The molecule has 8 N–H and O–H groups in total. The molecule has 13 nitrogen and oxygen atoms in total. The number of aliphatic hydroxyl groups is 8. The van der Waals surface area contributed by atoms with Gasteiger partial charge in [-0.25, -0.2) is 4.68 Å². The lowest BCUT2D eigenvalue weighted by Crippen LogP contribution is -2.56. The first-order chi connectivity index (χ1) is 12.7. The summed E-state index contributed by atoms with van der Waals surface area (Å²) in [6.45, 7) is -0.894. The fraction of sp³-hybridized carbons (Fsp3) is 0.857. The Hall–Kier alpha value is -1.42. The van der Waals surface area contributed by atoms with Crippen LogP contribution in [0.3, 0.4) is 0 Å². The minimum Gasteiger partial charge on any atom is -0.394 e. The van der Waals surface area contributed by atoms with E-state index in [9.17, 15) is 40.9 Å². The molecule has 0 unspecified atom stereocenters. The zero-order valence-electron chi connectivity index (χ0n) is 14.2. The summed E-state index contributed by atoms with van der Waals surface area (Å²) in [5.74, 6) is 0.145. The molecule has 3 rings (SSSR count). The highest BCUT2D eigenvalue weighted by Crippen LogP contribution is 2.29. The van der Waals surface area contributed by atoms with Crippen molar-refractivity contribution in [1.29, 1.82) is 0 Å². The van der Waals surface area contributed by atoms with Gasteiger partial charge in [-0.1, -0.05) is 5.21 Å². The van der Waals surface area contributed by atoms with Crippen molar-refractivity contribution in [2.75, 3.05) is 24.6 Å². The molecule has 2 aliphatic heterocycles. The minimum atomic E-state index is -1.58. The van der Waals surface area contributed by atoms with Crippen LogP contribution >= 0.6 is 0 Å². The van der Waals surface area contributed by atoms with Crippen molar-refractivity contribution in [3.63, 3.8) is 0 Å². The lowest BCUT2D eigenvalue weighted by Gasteiger charge is -2.39. The predicted octanol–water partition coefficient (Wildman–Crippen LogP) is -5.49. The van der Waals surface area contributed by atoms with Crippen LogP contribution in [0.2, 0.25) is 0 Å². The SMILES string of the molecule is OC[C@H]1O[C@@H](n2cc(N3C[C@@H](O)[C@@H](O)[C@H](O)[C@H](O)C3)nn2)[C@H](O)[C@@H](O)[C@@H]1O. The fourth-order valence-electron chi connectivity index (χ4n) is 3.22. The molecule has 0 aliphatic carbocycles. The lowest BCUT2D eigenvalue weighted by atomic mass is 9.98. The van der Waals surface area contributed by atoms with E-state index in [0.29, 0.717) is 0 Å². The number of rotatable bonds is 3. The molecule has 0 amide bonds. The van der Waals surface area contributed by atoms with Crippen LogP contribution in [0.1, 0.15) is 6.23 Å². The van der Waals surface area contributed by atoms with E-state index < -0.39 is 61.7 Å². The topological polar surface area (TPSA) is 205 Å². The molecule has 13 heteroatoms. The Morgan fingerprint density at radius 2 is 1.48 bits per heavy atom. The second kappa shape index (κ2) is 7.90. The van der Waals surface area contributed by atoms with Gasteiger partial charge in [-0.2, -0.15) is 0 Å². The van der Waals surface area contributed by atoms with Crippen LogP contribution in [-0.4, -0.2) is 124 Å². The van der Waals surface area contributed by atoms with Crippen molar-refractivity contribution in [1.82, 2.24) is 15.0 Å². The number of anilines is 1. The monoisotopic (exact) mass is 392 g/mol. The Labute approximate surface area is 153 Å². The largest absolute Gasteiger partial charge is 0.394 e. The first-order valence-electron chi connectivity index (χ1n) is 8.44. The Bertz CT molecular complexity index is 615. The van der Waals surface area contributed by atoms with Crippen molar-refractivity contribution in [3.05, 3.63) is 6.20 Å². The quantitative estimate of drug-likeness (QED) is 0.242. The van der Waals surface area contributed by atoms with Crippen LogP contribution < -0.4 is 4.90 Å². The average molecular weight is 392 g/mol. The van der Waals surface area contributed by atoms with Gasteiger partial charge in [-0.15, -0.1) is 5.10 Å². The zero-order valence-corrected chi connectivity index (χ0v) is 14.2. The minimum absolute atomic E-state index is 0.145. The van der Waals surface area contributed by atoms with Crippen molar-refractivity contribution in [2.24, 2.45) is 0 Å². The number of β-amino-alcohol motifs (C(OH)–C–C–N with tert-alkyl or cyclic N) is 2. The molecule has 0 bridgehead atoms. The van der Waals surface area contributed by atoms with Gasteiger partial charge in [0.05, 0.1) is 12.8 Å². The summed E-state index contributed by atoms with van der Waals surface area (Å²) < 4.78 is 6.44. The van der Waals surface area contributed by atoms with E-state index in [-0.39, 0.29) is 18.9 Å². The molecule has 3 heterocycles. The summed E-state index contributed by atoms with van der Waals surface area (Å²) in [5.41, 5.74) is 0. The summed E-state index contributed by atoms with van der Waals surface area (Å²) >= 11 is 0. The fourth-order valence-corrected chi connectivity index (χ4v) is 3.22. The summed E-state index contributed by atoms with van der Waals surface area (Å²) in [6.07, 6.45) is -11.5. The van der Waals surface area contributed by atoms with Crippen molar-refractivity contribution < 1.29 is 45.6 Å². The van der Waals surface area contributed by atoms with E-state index in [1.54, 1.807) is 0 Å². The van der Waals surface area contributed by atoms with Crippen molar-refractivity contribution in [2.45, 2.75) is 55.1 Å². The highest BCUT2D eigenvalue weighted by molar-refractivity contribution is 5.36. The maximum absolute atomic E-state index is 10.1. The molecule has 2 fully saturated rings. The van der Waals surface area contributed by atoms with Crippen molar-refractivity contribution in [3.8, 4) is 0 Å². The van der Waals surface area contributed by atoms with Gasteiger partial charge in [0.2, 0.25) is 0 Å². The number of nitrogens with zero attached hydrogens (tertiary/aromatic N) is 4. The zero-order chi connectivity index (χ0) is 19.9. The normalized spacial score (nSPS) is 43.6. The van der Waals surface area contributed by atoms with Crippen LogP contribution in [0.25, 0.3) is 0 Å². The van der Waals surface area contributed by atoms with E-state index in [0.717, 1.165) is 4.68 Å². The Balaban J connectivity index is 1.80. The van der Waals surface area contributed by atoms with Crippen LogP contribution in [0.15, 0.2) is 6.20 Å². The van der Waals surface area contributed by atoms with Gasteiger partial charge in [0.25, 0.3) is 0 Å². The van der Waals surface area contributed by atoms with E-state index in [2.05, 4.69) is 10.3 Å². The lowest BCUT2D eigenvalue weighted by molar-refractivity contribution is -0.254. The van der Waals surface area contributed by atoms with Gasteiger partial charge < -0.3 is 50.5 Å². The molecule has 0 spiro atoms. The summed E-state index contributed by atoms with van der Waals surface area (Å²) in [4.78, 5) is 1.38. The highest BCUT2D eigenvalue weighted by Gasteiger charge is 2.45. The number of hydrogen-bond donors (Lipinski definition) is 8. The van der Waals surface area contributed by atoms with Gasteiger partial charge in [0.15, 0.2) is 12.0 Å². The van der Waals surface area contributed by atoms with Crippen LogP contribution in [0.5, 0.6) is 0 Å².